The number of nitrogens with two attached hydrogens (primary N) is 1. The summed E-state index contributed by atoms with van der Waals surface area (Å²) in [5, 5.41) is 0.615. The lowest BCUT2D eigenvalue weighted by Crippen LogP contribution is -2.14. The second kappa shape index (κ2) is 4.47. The van der Waals surface area contributed by atoms with Gasteiger partial charge in [0.05, 0.1) is 23.0 Å². The number of aromatic nitrogens is 1. The Balaban J connectivity index is 2.08. The molecule has 2 heterocycles. The number of hydrogen-bond donors (Lipinski definition) is 1. The van der Waals surface area contributed by atoms with Crippen LogP contribution in [0.1, 0.15) is 17.5 Å². The third-order valence-corrected chi connectivity index (χ3v) is 2.35. The van der Waals surface area contributed by atoms with Gasteiger partial charge in [-0.3, -0.25) is 4.98 Å². The topological polar surface area (TPSA) is 52.0 Å². The first kappa shape index (κ1) is 10.2. The van der Waals surface area contributed by atoms with E-state index < -0.39 is 0 Å². The Labute approximate surface area is 92.9 Å². The summed E-state index contributed by atoms with van der Waals surface area (Å²) in [6.07, 6.45) is 3.87. The van der Waals surface area contributed by atoms with Gasteiger partial charge < -0.3 is 10.2 Å². The summed E-state index contributed by atoms with van der Waals surface area (Å²) in [5.74, 6) is 0.860. The van der Waals surface area contributed by atoms with Crippen molar-refractivity contribution < 1.29 is 4.42 Å². The van der Waals surface area contributed by atoms with Crippen LogP contribution in [0.15, 0.2) is 41.1 Å². The highest BCUT2D eigenvalue weighted by atomic mass is 35.5. The van der Waals surface area contributed by atoms with E-state index >= 15 is 0 Å². The molecule has 2 aromatic heterocycles. The fraction of sp³-hybridized carbons (Fsp3) is 0.182. The first-order valence-electron chi connectivity index (χ1n) is 4.65. The van der Waals surface area contributed by atoms with E-state index in [0.717, 1.165) is 11.5 Å². The minimum atomic E-state index is -0.159. The first-order chi connectivity index (χ1) is 7.25. The zero-order valence-corrected chi connectivity index (χ0v) is 8.82. The molecule has 0 aliphatic rings. The van der Waals surface area contributed by atoms with Gasteiger partial charge in [0.25, 0.3) is 0 Å². The Morgan fingerprint density at radius 3 is 2.87 bits per heavy atom. The van der Waals surface area contributed by atoms with Crippen molar-refractivity contribution in [3.05, 3.63) is 53.2 Å². The highest BCUT2D eigenvalue weighted by Gasteiger charge is 2.09. The highest BCUT2D eigenvalue weighted by molar-refractivity contribution is 6.30. The van der Waals surface area contributed by atoms with Gasteiger partial charge in [0.15, 0.2) is 0 Å². The second-order valence-corrected chi connectivity index (χ2v) is 3.73. The molecule has 1 unspecified atom stereocenters. The van der Waals surface area contributed by atoms with Gasteiger partial charge in [-0.2, -0.15) is 0 Å². The van der Waals surface area contributed by atoms with Crippen LogP contribution in [0.25, 0.3) is 0 Å². The molecular weight excluding hydrogens is 212 g/mol. The lowest BCUT2D eigenvalue weighted by Gasteiger charge is -2.08. The van der Waals surface area contributed by atoms with Gasteiger partial charge in [-0.25, -0.2) is 0 Å². The van der Waals surface area contributed by atoms with Crippen molar-refractivity contribution in [3.63, 3.8) is 0 Å². The van der Waals surface area contributed by atoms with Crippen LogP contribution >= 0.6 is 11.6 Å². The molecule has 0 aromatic carbocycles. The Morgan fingerprint density at radius 2 is 2.27 bits per heavy atom. The number of pyridine rings is 1. The molecule has 0 saturated carbocycles. The molecule has 0 saturated heterocycles. The summed E-state index contributed by atoms with van der Waals surface area (Å²) in [6.45, 7) is 0. The zero-order valence-electron chi connectivity index (χ0n) is 8.06. The van der Waals surface area contributed by atoms with Crippen molar-refractivity contribution in [2.24, 2.45) is 5.73 Å². The standard InChI is InChI=1S/C11H11ClN2O/c12-8-3-4-11(14-7-8)10(13)6-9-2-1-5-15-9/h1-5,7,10H,6,13H2. The van der Waals surface area contributed by atoms with E-state index in [1.54, 1.807) is 18.5 Å². The lowest BCUT2D eigenvalue weighted by molar-refractivity contribution is 0.486. The van der Waals surface area contributed by atoms with Gasteiger partial charge in [-0.1, -0.05) is 11.6 Å². The monoisotopic (exact) mass is 222 g/mol. The molecule has 3 nitrogen and oxygen atoms in total. The van der Waals surface area contributed by atoms with Gasteiger partial charge in [-0.05, 0) is 24.3 Å². The lowest BCUT2D eigenvalue weighted by atomic mass is 10.1. The largest absolute Gasteiger partial charge is 0.469 e. The van der Waals surface area contributed by atoms with Gasteiger partial charge in [0.1, 0.15) is 5.76 Å². The molecular formula is C11H11ClN2O. The van der Waals surface area contributed by atoms with Crippen molar-refractivity contribution in [1.82, 2.24) is 4.98 Å². The zero-order chi connectivity index (χ0) is 10.7. The molecule has 0 aliphatic carbocycles. The molecule has 0 bridgehead atoms. The molecule has 15 heavy (non-hydrogen) atoms. The smallest absolute Gasteiger partial charge is 0.105 e. The number of hydrogen-bond acceptors (Lipinski definition) is 3. The molecule has 0 fully saturated rings. The van der Waals surface area contributed by atoms with Crippen molar-refractivity contribution in [1.29, 1.82) is 0 Å². The Kier molecular flexibility index (Phi) is 3.04. The van der Waals surface area contributed by atoms with Crippen LogP contribution in [0.5, 0.6) is 0 Å². The van der Waals surface area contributed by atoms with Crippen LogP contribution in [-0.4, -0.2) is 4.98 Å². The maximum atomic E-state index is 5.97. The van der Waals surface area contributed by atoms with E-state index in [4.69, 9.17) is 21.8 Å². The quantitative estimate of drug-likeness (QED) is 0.869. The fourth-order valence-electron chi connectivity index (χ4n) is 1.36. The van der Waals surface area contributed by atoms with Gasteiger partial charge in [-0.15, -0.1) is 0 Å². The van der Waals surface area contributed by atoms with E-state index in [1.165, 1.54) is 0 Å². The highest BCUT2D eigenvalue weighted by Crippen LogP contribution is 2.16. The molecule has 0 aliphatic heterocycles. The minimum absolute atomic E-state index is 0.159. The van der Waals surface area contributed by atoms with Crippen LogP contribution in [0.3, 0.4) is 0 Å². The van der Waals surface area contributed by atoms with E-state index in [-0.39, 0.29) is 6.04 Å². The molecule has 0 radical (unpaired) electrons. The predicted molar refractivity (Wildman–Crippen MR) is 58.6 cm³/mol. The minimum Gasteiger partial charge on any atom is -0.469 e. The molecule has 2 N–H and O–H groups in total. The Hall–Kier alpha value is -1.32. The summed E-state index contributed by atoms with van der Waals surface area (Å²) >= 11 is 5.74. The summed E-state index contributed by atoms with van der Waals surface area (Å²) in [7, 11) is 0. The SMILES string of the molecule is NC(Cc1ccco1)c1ccc(Cl)cn1. The summed E-state index contributed by atoms with van der Waals surface area (Å²) in [6, 6.07) is 7.20. The molecule has 2 aromatic rings. The number of furan rings is 1. The van der Waals surface area contributed by atoms with E-state index in [2.05, 4.69) is 4.98 Å². The summed E-state index contributed by atoms with van der Waals surface area (Å²) < 4.78 is 5.22. The van der Waals surface area contributed by atoms with Crippen LogP contribution < -0.4 is 5.73 Å². The average Bonchev–Trinajstić information content (AvgIpc) is 2.71. The van der Waals surface area contributed by atoms with Gasteiger partial charge >= 0.3 is 0 Å². The normalized spacial score (nSPS) is 12.7. The molecule has 2 rings (SSSR count). The van der Waals surface area contributed by atoms with E-state index in [1.807, 2.05) is 18.2 Å². The maximum Gasteiger partial charge on any atom is 0.105 e. The third-order valence-electron chi connectivity index (χ3n) is 2.13. The van der Waals surface area contributed by atoms with Crippen molar-refractivity contribution in [3.8, 4) is 0 Å². The Morgan fingerprint density at radius 1 is 1.40 bits per heavy atom. The van der Waals surface area contributed by atoms with E-state index in [0.29, 0.717) is 11.4 Å². The van der Waals surface area contributed by atoms with E-state index in [9.17, 15) is 0 Å². The second-order valence-electron chi connectivity index (χ2n) is 3.29. The summed E-state index contributed by atoms with van der Waals surface area (Å²) in [5.41, 5.74) is 6.79. The molecule has 1 atom stereocenters. The number of halogens is 1. The molecule has 4 heteroatoms. The van der Waals surface area contributed by atoms with Crippen LogP contribution in [-0.2, 0) is 6.42 Å². The predicted octanol–water partition coefficient (Wildman–Crippen LogP) is 2.57. The Bertz CT molecular complexity index is 411. The van der Waals surface area contributed by atoms with Crippen LogP contribution in [0.2, 0.25) is 5.02 Å². The maximum absolute atomic E-state index is 5.97. The van der Waals surface area contributed by atoms with Crippen LogP contribution in [0.4, 0.5) is 0 Å². The first-order valence-corrected chi connectivity index (χ1v) is 5.03. The average molecular weight is 223 g/mol. The summed E-state index contributed by atoms with van der Waals surface area (Å²) in [4.78, 5) is 4.16. The molecule has 0 amide bonds. The van der Waals surface area contributed by atoms with Crippen LogP contribution in [0, 0.1) is 0 Å². The third kappa shape index (κ3) is 2.58. The number of nitrogens with zero attached hydrogens (tertiary/aromatic N) is 1. The number of rotatable bonds is 3. The van der Waals surface area contributed by atoms with Crippen molar-refractivity contribution >= 4 is 11.6 Å². The molecule has 78 valence electrons. The van der Waals surface area contributed by atoms with Crippen molar-refractivity contribution in [2.45, 2.75) is 12.5 Å². The van der Waals surface area contributed by atoms with Crippen molar-refractivity contribution in [2.75, 3.05) is 0 Å². The fourth-order valence-corrected chi connectivity index (χ4v) is 1.47. The van der Waals surface area contributed by atoms with Gasteiger partial charge in [0, 0.05) is 12.6 Å². The van der Waals surface area contributed by atoms with Gasteiger partial charge in [0.2, 0.25) is 0 Å². The molecule has 0 spiro atoms.